The van der Waals surface area contributed by atoms with Crippen LogP contribution in [-0.4, -0.2) is 25.1 Å². The van der Waals surface area contributed by atoms with Crippen molar-refractivity contribution in [2.24, 2.45) is 0 Å². The Morgan fingerprint density at radius 2 is 1.76 bits per heavy atom. The van der Waals surface area contributed by atoms with Gasteiger partial charge < -0.3 is 0 Å². The summed E-state index contributed by atoms with van der Waals surface area (Å²) in [4.78, 5) is 12.7. The molecule has 0 amide bonds. The van der Waals surface area contributed by atoms with Crippen LogP contribution < -0.4 is 0 Å². The van der Waals surface area contributed by atoms with E-state index < -0.39 is 0 Å². The van der Waals surface area contributed by atoms with Crippen molar-refractivity contribution in [1.29, 1.82) is 0 Å². The van der Waals surface area contributed by atoms with Crippen LogP contribution in [0.5, 0.6) is 0 Å². The van der Waals surface area contributed by atoms with Gasteiger partial charge in [-0.3, -0.25) is 10.1 Å². The molecule has 0 aliphatic rings. The van der Waals surface area contributed by atoms with Crippen molar-refractivity contribution in [1.82, 2.24) is 25.1 Å². The average molecular weight is 223 g/mol. The quantitative estimate of drug-likeness (QED) is 0.720. The molecule has 82 valence electrons. The highest BCUT2D eigenvalue weighted by Gasteiger charge is 2.03. The largest absolute Gasteiger partial charge is 0.285 e. The lowest BCUT2D eigenvalue weighted by atomic mass is 10.2. The zero-order valence-corrected chi connectivity index (χ0v) is 8.91. The summed E-state index contributed by atoms with van der Waals surface area (Å²) in [5, 5.41) is 6.65. The summed E-state index contributed by atoms with van der Waals surface area (Å²) in [6.45, 7) is 0. The number of aromatic nitrogens is 5. The topological polar surface area (TPSA) is 67.3 Å². The van der Waals surface area contributed by atoms with Gasteiger partial charge in [-0.05, 0) is 18.2 Å². The number of nitrogens with one attached hydrogen (secondary N) is 1. The van der Waals surface area contributed by atoms with Crippen molar-refractivity contribution in [2.75, 3.05) is 0 Å². The minimum atomic E-state index is 0.679. The molecule has 17 heavy (non-hydrogen) atoms. The molecule has 3 heterocycles. The fourth-order valence-corrected chi connectivity index (χ4v) is 1.54. The van der Waals surface area contributed by atoms with E-state index in [1.54, 1.807) is 37.1 Å². The molecule has 0 fully saturated rings. The van der Waals surface area contributed by atoms with Crippen LogP contribution in [-0.2, 0) is 0 Å². The first kappa shape index (κ1) is 9.65. The van der Waals surface area contributed by atoms with E-state index in [-0.39, 0.29) is 0 Å². The molecule has 0 saturated heterocycles. The van der Waals surface area contributed by atoms with Crippen molar-refractivity contribution in [3.63, 3.8) is 0 Å². The van der Waals surface area contributed by atoms with Gasteiger partial charge in [-0.25, -0.2) is 9.97 Å². The molecule has 5 nitrogen and oxygen atoms in total. The molecule has 1 N–H and O–H groups in total. The molecule has 3 aromatic heterocycles. The highest BCUT2D eigenvalue weighted by Crippen LogP contribution is 2.18. The predicted molar refractivity (Wildman–Crippen MR) is 62.8 cm³/mol. The highest BCUT2D eigenvalue weighted by molar-refractivity contribution is 5.61. The minimum Gasteiger partial charge on any atom is -0.285 e. The predicted octanol–water partition coefficient (Wildman–Crippen LogP) is 1.93. The molecule has 0 radical (unpaired) electrons. The van der Waals surface area contributed by atoms with E-state index in [1.165, 1.54) is 0 Å². The zero-order valence-electron chi connectivity index (χ0n) is 8.91. The molecule has 0 spiro atoms. The Labute approximate surface area is 97.6 Å². The number of hydrogen-bond acceptors (Lipinski definition) is 4. The number of aromatic amines is 1. The maximum absolute atomic E-state index is 4.36. The van der Waals surface area contributed by atoms with Crippen molar-refractivity contribution in [2.45, 2.75) is 0 Å². The molecule has 0 aliphatic heterocycles. The maximum atomic E-state index is 4.36. The van der Waals surface area contributed by atoms with Gasteiger partial charge in [0.2, 0.25) is 0 Å². The summed E-state index contributed by atoms with van der Waals surface area (Å²) in [5.74, 6) is 0.679. The smallest absolute Gasteiger partial charge is 0.160 e. The average Bonchev–Trinajstić information content (AvgIpc) is 2.94. The second-order valence-corrected chi connectivity index (χ2v) is 3.49. The van der Waals surface area contributed by atoms with Gasteiger partial charge in [0, 0.05) is 35.9 Å². The maximum Gasteiger partial charge on any atom is 0.160 e. The van der Waals surface area contributed by atoms with E-state index in [0.717, 1.165) is 16.8 Å². The van der Waals surface area contributed by atoms with Crippen molar-refractivity contribution in [3.05, 3.63) is 49.2 Å². The number of rotatable bonds is 2. The monoisotopic (exact) mass is 223 g/mol. The molecule has 5 heteroatoms. The molecule has 0 bridgehead atoms. The first-order valence-electron chi connectivity index (χ1n) is 5.16. The molecular weight excluding hydrogens is 214 g/mol. The van der Waals surface area contributed by atoms with Gasteiger partial charge >= 0.3 is 0 Å². The van der Waals surface area contributed by atoms with E-state index in [4.69, 9.17) is 0 Å². The summed E-state index contributed by atoms with van der Waals surface area (Å²) in [5.41, 5.74) is 2.74. The van der Waals surface area contributed by atoms with Crippen molar-refractivity contribution < 1.29 is 0 Å². The van der Waals surface area contributed by atoms with Gasteiger partial charge in [-0.2, -0.15) is 5.10 Å². The molecule has 0 unspecified atom stereocenters. The first-order valence-corrected chi connectivity index (χ1v) is 5.16. The third kappa shape index (κ3) is 1.90. The van der Waals surface area contributed by atoms with Crippen LogP contribution in [0.15, 0.2) is 49.2 Å². The SMILES string of the molecule is c1cnc(-c2ccc(-c3cn[nH]c3)nc2)nc1. The van der Waals surface area contributed by atoms with Gasteiger partial charge in [-0.15, -0.1) is 0 Å². The van der Waals surface area contributed by atoms with Crippen molar-refractivity contribution >= 4 is 0 Å². The van der Waals surface area contributed by atoms with Crippen molar-refractivity contribution in [3.8, 4) is 22.6 Å². The van der Waals surface area contributed by atoms with Crippen LogP contribution in [0.4, 0.5) is 0 Å². The van der Waals surface area contributed by atoms with E-state index in [1.807, 2.05) is 12.1 Å². The number of hydrogen-bond donors (Lipinski definition) is 1. The Morgan fingerprint density at radius 3 is 2.41 bits per heavy atom. The van der Waals surface area contributed by atoms with Gasteiger partial charge in [0.15, 0.2) is 5.82 Å². The summed E-state index contributed by atoms with van der Waals surface area (Å²) in [6.07, 6.45) is 8.73. The normalized spacial score (nSPS) is 10.4. The summed E-state index contributed by atoms with van der Waals surface area (Å²) in [6, 6.07) is 5.66. The minimum absolute atomic E-state index is 0.679. The molecule has 3 aromatic rings. The number of pyridine rings is 1. The van der Waals surface area contributed by atoms with Gasteiger partial charge in [0.05, 0.1) is 11.9 Å². The third-order valence-corrected chi connectivity index (χ3v) is 2.38. The zero-order chi connectivity index (χ0) is 11.5. The van der Waals surface area contributed by atoms with Gasteiger partial charge in [0.1, 0.15) is 0 Å². The molecule has 0 aromatic carbocycles. The molecule has 0 saturated carbocycles. The number of nitrogens with zero attached hydrogens (tertiary/aromatic N) is 4. The third-order valence-electron chi connectivity index (χ3n) is 2.38. The molecular formula is C12H9N5. The van der Waals surface area contributed by atoms with Crippen LogP contribution in [0.3, 0.4) is 0 Å². The van der Waals surface area contributed by atoms with Gasteiger partial charge in [-0.1, -0.05) is 0 Å². The van der Waals surface area contributed by atoms with Crippen LogP contribution in [0.25, 0.3) is 22.6 Å². The Kier molecular flexibility index (Phi) is 2.34. The number of H-pyrrole nitrogens is 1. The van der Waals surface area contributed by atoms with Crippen LogP contribution in [0.2, 0.25) is 0 Å². The summed E-state index contributed by atoms with van der Waals surface area (Å²) in [7, 11) is 0. The molecule has 0 aliphatic carbocycles. The van der Waals surface area contributed by atoms with Gasteiger partial charge in [0.25, 0.3) is 0 Å². The fourth-order valence-electron chi connectivity index (χ4n) is 1.54. The Bertz CT molecular complexity index is 587. The first-order chi connectivity index (χ1) is 8.43. The summed E-state index contributed by atoms with van der Waals surface area (Å²) >= 11 is 0. The van der Waals surface area contributed by atoms with Crippen LogP contribution in [0, 0.1) is 0 Å². The summed E-state index contributed by atoms with van der Waals surface area (Å²) < 4.78 is 0. The second-order valence-electron chi connectivity index (χ2n) is 3.49. The lowest BCUT2D eigenvalue weighted by Crippen LogP contribution is -1.88. The fraction of sp³-hybridized carbons (Fsp3) is 0. The Morgan fingerprint density at radius 1 is 0.882 bits per heavy atom. The second kappa shape index (κ2) is 4.13. The van der Waals surface area contributed by atoms with E-state index in [0.29, 0.717) is 5.82 Å². The van der Waals surface area contributed by atoms with Crippen LogP contribution >= 0.6 is 0 Å². The lowest BCUT2D eigenvalue weighted by Gasteiger charge is -2.00. The van der Waals surface area contributed by atoms with Crippen LogP contribution in [0.1, 0.15) is 0 Å². The Hall–Kier alpha value is -2.56. The lowest BCUT2D eigenvalue weighted by molar-refractivity contribution is 1.09. The molecule has 3 rings (SSSR count). The molecule has 0 atom stereocenters. The standard InChI is InChI=1S/C12H9N5/c1-4-13-12(14-5-1)9-2-3-11(15-6-9)10-7-16-17-8-10/h1-8H,(H,16,17). The van der Waals surface area contributed by atoms with E-state index in [2.05, 4.69) is 25.1 Å². The van der Waals surface area contributed by atoms with E-state index >= 15 is 0 Å². The Balaban J connectivity index is 1.96. The van der Waals surface area contributed by atoms with E-state index in [9.17, 15) is 0 Å². The highest BCUT2D eigenvalue weighted by atomic mass is 15.1.